The number of aromatic nitrogens is 1. The lowest BCUT2D eigenvalue weighted by Gasteiger charge is -2.34. The molecule has 0 unspecified atom stereocenters. The van der Waals surface area contributed by atoms with Gasteiger partial charge in [-0.25, -0.2) is 18.1 Å². The quantitative estimate of drug-likeness (QED) is 0.806. The zero-order valence-electron chi connectivity index (χ0n) is 14.4. The van der Waals surface area contributed by atoms with E-state index in [2.05, 4.69) is 21.9 Å². The smallest absolute Gasteiger partial charge is 0.240 e. The lowest BCUT2D eigenvalue weighted by molar-refractivity contribution is 0.232. The molecule has 8 heteroatoms. The van der Waals surface area contributed by atoms with Gasteiger partial charge in [-0.2, -0.15) is 0 Å². The van der Waals surface area contributed by atoms with Crippen LogP contribution >= 0.6 is 23.7 Å². The van der Waals surface area contributed by atoms with Gasteiger partial charge in [0.1, 0.15) is 5.01 Å². The molecule has 3 rings (SSSR count). The minimum atomic E-state index is -3.52. The van der Waals surface area contributed by atoms with Crippen LogP contribution in [0.5, 0.6) is 0 Å². The van der Waals surface area contributed by atoms with Crippen molar-refractivity contribution < 1.29 is 8.42 Å². The van der Waals surface area contributed by atoms with E-state index in [1.807, 2.05) is 18.4 Å². The molecule has 0 radical (unpaired) electrons. The molecule has 1 aliphatic heterocycles. The number of benzene rings is 1. The third-order valence-electron chi connectivity index (χ3n) is 4.51. The van der Waals surface area contributed by atoms with Crippen LogP contribution < -0.4 is 10.0 Å². The van der Waals surface area contributed by atoms with E-state index in [0.717, 1.165) is 42.2 Å². The highest BCUT2D eigenvalue weighted by molar-refractivity contribution is 7.89. The van der Waals surface area contributed by atoms with E-state index in [1.165, 1.54) is 11.3 Å². The van der Waals surface area contributed by atoms with Crippen molar-refractivity contribution in [3.8, 4) is 10.6 Å². The van der Waals surface area contributed by atoms with Gasteiger partial charge in [-0.3, -0.25) is 0 Å². The maximum atomic E-state index is 12.7. The molecule has 1 aromatic carbocycles. The standard InChI is InChI=1S/C17H23N3O2S2.ClH/c1-13-11-23-16(20-13)14-4-3-5-15(10-14)24(21,22)19-12-17(2)6-8-18-9-7-17;/h3-5,10-11,18-19H,6-9,12H2,1-2H3;1H. The number of thiazole rings is 1. The van der Waals surface area contributed by atoms with Crippen LogP contribution in [0.3, 0.4) is 0 Å². The second kappa shape index (κ2) is 8.14. The molecule has 0 spiro atoms. The fourth-order valence-corrected chi connectivity index (χ4v) is 4.88. The van der Waals surface area contributed by atoms with Crippen molar-refractivity contribution >= 4 is 33.8 Å². The zero-order chi connectivity index (χ0) is 17.2. The average molecular weight is 402 g/mol. The van der Waals surface area contributed by atoms with E-state index in [4.69, 9.17) is 0 Å². The van der Waals surface area contributed by atoms with Crippen LogP contribution in [-0.4, -0.2) is 33.0 Å². The zero-order valence-corrected chi connectivity index (χ0v) is 16.9. The Labute approximate surface area is 159 Å². The highest BCUT2D eigenvalue weighted by Gasteiger charge is 2.28. The van der Waals surface area contributed by atoms with Gasteiger partial charge in [-0.05, 0) is 50.4 Å². The van der Waals surface area contributed by atoms with Crippen molar-refractivity contribution in [2.45, 2.75) is 31.6 Å². The summed E-state index contributed by atoms with van der Waals surface area (Å²) in [6.07, 6.45) is 1.96. The van der Waals surface area contributed by atoms with E-state index < -0.39 is 10.0 Å². The van der Waals surface area contributed by atoms with Gasteiger partial charge in [0.25, 0.3) is 0 Å². The molecule has 138 valence electrons. The number of sulfonamides is 1. The Bertz CT molecular complexity index is 815. The number of piperidine rings is 1. The Morgan fingerprint density at radius 1 is 1.32 bits per heavy atom. The fraction of sp³-hybridized carbons (Fsp3) is 0.471. The van der Waals surface area contributed by atoms with Crippen LogP contribution in [0.1, 0.15) is 25.5 Å². The Morgan fingerprint density at radius 3 is 2.68 bits per heavy atom. The van der Waals surface area contributed by atoms with Gasteiger partial charge >= 0.3 is 0 Å². The Kier molecular flexibility index (Phi) is 6.62. The largest absolute Gasteiger partial charge is 0.317 e. The molecular formula is C17H24ClN3O2S2. The highest BCUT2D eigenvalue weighted by Crippen LogP contribution is 2.28. The third kappa shape index (κ3) is 5.01. The van der Waals surface area contributed by atoms with E-state index in [1.54, 1.807) is 18.2 Å². The van der Waals surface area contributed by atoms with Crippen LogP contribution in [-0.2, 0) is 10.0 Å². The lowest BCUT2D eigenvalue weighted by atomic mass is 9.81. The van der Waals surface area contributed by atoms with Crippen molar-refractivity contribution in [3.05, 3.63) is 35.3 Å². The predicted octanol–water partition coefficient (Wildman–Crippen LogP) is 3.21. The first kappa shape index (κ1) is 20.3. The monoisotopic (exact) mass is 401 g/mol. The SMILES string of the molecule is Cc1csc(-c2cccc(S(=O)(=O)NCC3(C)CCNCC3)c2)n1.Cl. The first-order valence-corrected chi connectivity index (χ1v) is 10.5. The summed E-state index contributed by atoms with van der Waals surface area (Å²) in [5.74, 6) is 0. The van der Waals surface area contributed by atoms with Gasteiger partial charge in [0, 0.05) is 23.2 Å². The Hall–Kier alpha value is -0.990. The van der Waals surface area contributed by atoms with E-state index >= 15 is 0 Å². The highest BCUT2D eigenvalue weighted by atomic mass is 35.5. The number of hydrogen-bond acceptors (Lipinski definition) is 5. The number of aryl methyl sites for hydroxylation is 1. The summed E-state index contributed by atoms with van der Waals surface area (Å²) < 4.78 is 28.1. The lowest BCUT2D eigenvalue weighted by Crippen LogP contribution is -2.42. The molecule has 0 saturated carbocycles. The van der Waals surface area contributed by atoms with E-state index in [0.29, 0.717) is 11.4 Å². The van der Waals surface area contributed by atoms with Crippen LogP contribution in [0.15, 0.2) is 34.5 Å². The molecule has 2 heterocycles. The molecule has 0 aliphatic carbocycles. The van der Waals surface area contributed by atoms with Gasteiger partial charge < -0.3 is 5.32 Å². The van der Waals surface area contributed by atoms with Crippen LogP contribution in [0.4, 0.5) is 0 Å². The topological polar surface area (TPSA) is 71.1 Å². The van der Waals surface area contributed by atoms with Crippen molar-refractivity contribution in [3.63, 3.8) is 0 Å². The minimum Gasteiger partial charge on any atom is -0.317 e. The summed E-state index contributed by atoms with van der Waals surface area (Å²) in [4.78, 5) is 4.73. The van der Waals surface area contributed by atoms with Crippen molar-refractivity contribution in [1.82, 2.24) is 15.0 Å². The maximum Gasteiger partial charge on any atom is 0.240 e. The molecule has 1 aromatic heterocycles. The number of hydrogen-bond donors (Lipinski definition) is 2. The van der Waals surface area contributed by atoms with Crippen molar-refractivity contribution in [2.24, 2.45) is 5.41 Å². The van der Waals surface area contributed by atoms with Gasteiger partial charge in [-0.15, -0.1) is 23.7 Å². The van der Waals surface area contributed by atoms with Crippen molar-refractivity contribution in [2.75, 3.05) is 19.6 Å². The number of nitrogens with one attached hydrogen (secondary N) is 2. The summed E-state index contributed by atoms with van der Waals surface area (Å²) in [6, 6.07) is 7.00. The second-order valence-corrected chi connectivity index (χ2v) is 9.33. The summed E-state index contributed by atoms with van der Waals surface area (Å²) in [5.41, 5.74) is 1.80. The molecule has 5 nitrogen and oxygen atoms in total. The molecule has 2 aromatic rings. The molecule has 1 fully saturated rings. The minimum absolute atomic E-state index is 0. The van der Waals surface area contributed by atoms with Crippen LogP contribution in [0, 0.1) is 12.3 Å². The number of nitrogens with zero attached hydrogens (tertiary/aromatic N) is 1. The van der Waals surface area contributed by atoms with E-state index in [-0.39, 0.29) is 17.8 Å². The number of rotatable bonds is 5. The summed E-state index contributed by atoms with van der Waals surface area (Å²) in [6.45, 7) is 6.43. The first-order valence-electron chi connectivity index (χ1n) is 8.11. The molecule has 0 atom stereocenters. The van der Waals surface area contributed by atoms with Crippen molar-refractivity contribution in [1.29, 1.82) is 0 Å². The molecule has 0 amide bonds. The first-order chi connectivity index (χ1) is 11.4. The second-order valence-electron chi connectivity index (χ2n) is 6.71. The van der Waals surface area contributed by atoms with Gasteiger partial charge in [0.05, 0.1) is 4.90 Å². The number of halogens is 1. The van der Waals surface area contributed by atoms with Crippen LogP contribution in [0.25, 0.3) is 10.6 Å². The van der Waals surface area contributed by atoms with Gasteiger partial charge in [0.2, 0.25) is 10.0 Å². The molecular weight excluding hydrogens is 378 g/mol. The van der Waals surface area contributed by atoms with Gasteiger partial charge in [-0.1, -0.05) is 19.1 Å². The molecule has 1 saturated heterocycles. The van der Waals surface area contributed by atoms with E-state index in [9.17, 15) is 8.42 Å². The molecule has 25 heavy (non-hydrogen) atoms. The predicted molar refractivity (Wildman–Crippen MR) is 105 cm³/mol. The summed E-state index contributed by atoms with van der Waals surface area (Å²) in [5, 5.41) is 6.12. The normalized spacial score (nSPS) is 17.0. The summed E-state index contributed by atoms with van der Waals surface area (Å²) in [7, 11) is -3.52. The molecule has 1 aliphatic rings. The summed E-state index contributed by atoms with van der Waals surface area (Å²) >= 11 is 1.52. The average Bonchev–Trinajstić information content (AvgIpc) is 3.01. The fourth-order valence-electron chi connectivity index (χ4n) is 2.84. The van der Waals surface area contributed by atoms with Crippen LogP contribution in [0.2, 0.25) is 0 Å². The maximum absolute atomic E-state index is 12.7. The van der Waals surface area contributed by atoms with Gasteiger partial charge in [0.15, 0.2) is 0 Å². The Morgan fingerprint density at radius 2 is 2.04 bits per heavy atom. The Balaban J connectivity index is 0.00000225. The molecule has 2 N–H and O–H groups in total. The third-order valence-corrected chi connectivity index (χ3v) is 6.92. The molecule has 0 bridgehead atoms.